The molecule has 1 aliphatic rings. The van der Waals surface area contributed by atoms with Crippen molar-refractivity contribution < 1.29 is 37.7 Å². The second kappa shape index (κ2) is 14.1. The van der Waals surface area contributed by atoms with Crippen molar-refractivity contribution in [3.63, 3.8) is 0 Å². The van der Waals surface area contributed by atoms with E-state index in [9.17, 15) is 17.3 Å². The molecule has 0 aromatic heterocycles. The summed E-state index contributed by atoms with van der Waals surface area (Å²) in [5.74, 6) is 0. The smallest absolute Gasteiger partial charge is 0.418 e. The van der Waals surface area contributed by atoms with Crippen LogP contribution >= 0.6 is 7.92 Å². The zero-order valence-electron chi connectivity index (χ0n) is 21.3. The van der Waals surface area contributed by atoms with Gasteiger partial charge in [-0.25, -0.2) is 0 Å². The standard InChI is InChI=1S/C21H33N2P.C3H5.BF4.Pd/c1-16-12-17(2)19(18(3)13-16)23-11-10-22(14-23)15-24(20(4,5)6)21(7,8)9;1-3-2;2-1(3,4)5;/h10-13H,15H2,1-9H3;3H,1-2H2;;/q;;-1;+2. The fraction of sp³-hybridized carbons (Fsp3) is 0.500. The van der Waals surface area contributed by atoms with Gasteiger partial charge in [0.15, 0.2) is 0 Å². The van der Waals surface area contributed by atoms with Crippen LogP contribution in [0.15, 0.2) is 24.5 Å². The molecule has 0 fully saturated rings. The third-order valence-corrected chi connectivity index (χ3v) is 8.25. The van der Waals surface area contributed by atoms with Crippen LogP contribution in [0.1, 0.15) is 58.2 Å². The van der Waals surface area contributed by atoms with Gasteiger partial charge >= 0.3 is 27.7 Å². The van der Waals surface area contributed by atoms with Gasteiger partial charge in [0.25, 0.3) is 0 Å². The maximum absolute atomic E-state index is 9.75. The molecule has 1 heterocycles. The van der Waals surface area contributed by atoms with E-state index in [0.717, 1.165) is 6.29 Å². The fourth-order valence-electron chi connectivity index (χ4n) is 3.69. The number of halogens is 4. The minimum Gasteiger partial charge on any atom is -0.418 e. The second-order valence-corrected chi connectivity index (χ2v) is 13.5. The Kier molecular flexibility index (Phi) is 14.8. The van der Waals surface area contributed by atoms with Gasteiger partial charge in [0, 0.05) is 24.4 Å². The number of hydrogen-bond acceptors (Lipinski definition) is 2. The molecule has 9 heteroatoms. The minimum atomic E-state index is -6.00. The molecule has 0 N–H and O–H groups in total. The summed E-state index contributed by atoms with van der Waals surface area (Å²) < 4.78 is 39.0. The van der Waals surface area contributed by atoms with E-state index in [1.54, 1.807) is 0 Å². The summed E-state index contributed by atoms with van der Waals surface area (Å²) in [7, 11) is -6.18. The largest absolute Gasteiger partial charge is 2.00 e. The normalized spacial score (nSPS) is 13.8. The summed E-state index contributed by atoms with van der Waals surface area (Å²) in [4.78, 5) is 4.41. The Labute approximate surface area is 215 Å². The fourth-order valence-corrected chi connectivity index (χ4v) is 7.01. The second-order valence-electron chi connectivity index (χ2n) is 9.68. The Morgan fingerprint density at radius 1 is 0.909 bits per heavy atom. The maximum Gasteiger partial charge on any atom is 2.00 e. The average Bonchev–Trinajstić information content (AvgIpc) is 2.97. The molecule has 0 saturated heterocycles. The van der Waals surface area contributed by atoms with Crippen LogP contribution in [-0.4, -0.2) is 28.8 Å². The van der Waals surface area contributed by atoms with Gasteiger partial charge in [-0.15, -0.1) is 0 Å². The van der Waals surface area contributed by atoms with Gasteiger partial charge in [0.1, 0.15) is 0 Å². The Morgan fingerprint density at radius 2 is 1.27 bits per heavy atom. The number of aryl methyl sites for hydroxylation is 3. The predicted octanol–water partition coefficient (Wildman–Crippen LogP) is 8.39. The van der Waals surface area contributed by atoms with Crippen molar-refractivity contribution in [1.29, 1.82) is 0 Å². The van der Waals surface area contributed by atoms with E-state index < -0.39 is 7.25 Å². The Morgan fingerprint density at radius 3 is 1.61 bits per heavy atom. The predicted molar refractivity (Wildman–Crippen MR) is 134 cm³/mol. The molecule has 5 radical (unpaired) electrons. The van der Waals surface area contributed by atoms with E-state index in [0.29, 0.717) is 10.3 Å². The summed E-state index contributed by atoms with van der Waals surface area (Å²) in [5, 5.41) is 0.651. The van der Waals surface area contributed by atoms with Crippen LogP contribution < -0.4 is 4.90 Å². The number of rotatable bonds is 3. The number of nitrogens with zero attached hydrogens (tertiary/aromatic N) is 2. The summed E-state index contributed by atoms with van der Waals surface area (Å²) in [6.07, 6.45) is 6.87. The van der Waals surface area contributed by atoms with E-state index in [1.807, 2.05) is 0 Å². The Hall–Kier alpha value is -0.563. The van der Waals surface area contributed by atoms with Crippen LogP contribution in [-0.2, 0) is 20.4 Å². The van der Waals surface area contributed by atoms with Gasteiger partial charge in [0.2, 0.25) is 6.67 Å². The van der Waals surface area contributed by atoms with Gasteiger partial charge in [-0.2, -0.15) is 0 Å². The first-order valence-corrected chi connectivity index (χ1v) is 12.0. The summed E-state index contributed by atoms with van der Waals surface area (Å²) in [5.41, 5.74) is 5.19. The van der Waals surface area contributed by atoms with Crippen molar-refractivity contribution in [1.82, 2.24) is 4.90 Å². The van der Waals surface area contributed by atoms with E-state index in [-0.39, 0.29) is 28.3 Å². The molecule has 0 bridgehead atoms. The van der Waals surface area contributed by atoms with Gasteiger partial charge in [-0.05, 0) is 62.5 Å². The zero-order chi connectivity index (χ0) is 25.5. The molecule has 33 heavy (non-hydrogen) atoms. The van der Waals surface area contributed by atoms with Crippen LogP contribution in [0.2, 0.25) is 0 Å². The molecule has 1 aromatic rings. The number of benzene rings is 1. The van der Waals surface area contributed by atoms with E-state index in [1.165, 1.54) is 28.8 Å². The quantitative estimate of drug-likeness (QED) is 0.202. The maximum atomic E-state index is 9.75. The monoisotopic (exact) mass is 578 g/mol. The van der Waals surface area contributed by atoms with Crippen molar-refractivity contribution in [3.8, 4) is 0 Å². The molecular formula is C24H38BF4N2PPd+. The van der Waals surface area contributed by atoms with Crippen LogP contribution in [0.3, 0.4) is 0 Å². The Bertz CT molecular complexity index is 700. The van der Waals surface area contributed by atoms with Crippen LogP contribution in [0, 0.1) is 47.7 Å². The van der Waals surface area contributed by atoms with Gasteiger partial charge in [-0.3, -0.25) is 0 Å². The molecule has 2 rings (SSSR count). The molecule has 0 aliphatic carbocycles. The van der Waals surface area contributed by atoms with Gasteiger partial charge in [-0.1, -0.05) is 67.2 Å². The molecule has 0 atom stereocenters. The van der Waals surface area contributed by atoms with Gasteiger partial charge in [0.05, 0.1) is 0 Å². The first-order valence-electron chi connectivity index (χ1n) is 10.4. The molecule has 0 amide bonds. The SMILES string of the molecule is Cc1cc(C)c(N2[C]N(CP(C(C)(C)C)C(C)(C)C)C=C2)c(C)c1.F[B-](F)(F)F.[CH2][CH][CH2].[Pd+2]. The summed E-state index contributed by atoms with van der Waals surface area (Å²) in [6.45, 7) is 30.8. The van der Waals surface area contributed by atoms with Crippen LogP contribution in [0.4, 0.5) is 23.0 Å². The Balaban J connectivity index is 0. The third-order valence-electron chi connectivity index (χ3n) is 4.42. The minimum absolute atomic E-state index is 0. The molecule has 0 saturated carbocycles. The van der Waals surface area contributed by atoms with Crippen molar-refractivity contribution >= 4 is 20.9 Å². The third kappa shape index (κ3) is 13.8. The molecule has 189 valence electrons. The van der Waals surface area contributed by atoms with Crippen molar-refractivity contribution in [2.24, 2.45) is 0 Å². The first kappa shape index (κ1) is 34.6. The average molecular weight is 579 g/mol. The molecule has 0 unspecified atom stereocenters. The van der Waals surface area contributed by atoms with E-state index >= 15 is 0 Å². The summed E-state index contributed by atoms with van der Waals surface area (Å²) in [6, 6.07) is 4.50. The van der Waals surface area contributed by atoms with E-state index in [2.05, 4.69) is 117 Å². The van der Waals surface area contributed by atoms with Crippen molar-refractivity contribution in [2.75, 3.05) is 11.2 Å². The van der Waals surface area contributed by atoms with Gasteiger partial charge < -0.3 is 27.1 Å². The van der Waals surface area contributed by atoms with Crippen molar-refractivity contribution in [3.05, 3.63) is 68.2 Å². The molecule has 2 nitrogen and oxygen atoms in total. The number of anilines is 1. The van der Waals surface area contributed by atoms with Crippen LogP contribution in [0.25, 0.3) is 0 Å². The first-order chi connectivity index (χ1) is 14.3. The number of hydrogen-bond donors (Lipinski definition) is 0. The summed E-state index contributed by atoms with van der Waals surface area (Å²) >= 11 is 0. The molecule has 1 aromatic carbocycles. The molecule has 0 spiro atoms. The van der Waals surface area contributed by atoms with Crippen molar-refractivity contribution in [2.45, 2.75) is 72.6 Å². The zero-order valence-corrected chi connectivity index (χ0v) is 23.7. The topological polar surface area (TPSA) is 6.48 Å². The van der Waals surface area contributed by atoms with Crippen LogP contribution in [0.5, 0.6) is 0 Å². The molecule has 1 aliphatic heterocycles. The van der Waals surface area contributed by atoms with E-state index in [4.69, 9.17) is 0 Å². The molecular weight excluding hydrogens is 540 g/mol.